The van der Waals surface area contributed by atoms with Crippen molar-refractivity contribution in [3.05, 3.63) is 33.8 Å². The van der Waals surface area contributed by atoms with Gasteiger partial charge in [-0.25, -0.2) is 0 Å². The second-order valence-corrected chi connectivity index (χ2v) is 7.36. The van der Waals surface area contributed by atoms with Crippen LogP contribution in [0.4, 0.5) is 0 Å². The van der Waals surface area contributed by atoms with E-state index in [0.29, 0.717) is 16.5 Å². The van der Waals surface area contributed by atoms with Crippen molar-refractivity contribution in [1.29, 1.82) is 0 Å². The van der Waals surface area contributed by atoms with E-state index in [0.717, 1.165) is 16.6 Å². The molecule has 1 aliphatic carbocycles. The second kappa shape index (κ2) is 7.78. The number of rotatable bonds is 5. The van der Waals surface area contributed by atoms with E-state index in [1.165, 1.54) is 32.1 Å². The Hall–Kier alpha value is 0.110. The van der Waals surface area contributed by atoms with E-state index >= 15 is 0 Å². The highest BCUT2D eigenvalue weighted by Crippen LogP contribution is 2.29. The smallest absolute Gasteiger partial charge is 0.0671 e. The summed E-state index contributed by atoms with van der Waals surface area (Å²) >= 11 is 13.9. The zero-order chi connectivity index (χ0) is 13.7. The number of benzene rings is 1. The Morgan fingerprint density at radius 3 is 2.63 bits per heavy atom. The molecular formula is C15H20Cl2OS. The van der Waals surface area contributed by atoms with E-state index in [4.69, 9.17) is 23.2 Å². The lowest BCUT2D eigenvalue weighted by Gasteiger charge is -2.22. The van der Waals surface area contributed by atoms with Crippen molar-refractivity contribution in [2.75, 3.05) is 5.75 Å². The number of hydrogen-bond acceptors (Lipinski definition) is 2. The van der Waals surface area contributed by atoms with Crippen LogP contribution in [-0.2, 0) is 6.42 Å². The van der Waals surface area contributed by atoms with Crippen LogP contribution >= 0.6 is 35.0 Å². The van der Waals surface area contributed by atoms with Gasteiger partial charge in [0.05, 0.1) is 6.10 Å². The second-order valence-electron chi connectivity index (χ2n) is 5.19. The minimum absolute atomic E-state index is 0.328. The van der Waals surface area contributed by atoms with Crippen LogP contribution in [0.2, 0.25) is 10.0 Å². The maximum atomic E-state index is 10.1. The van der Waals surface area contributed by atoms with Gasteiger partial charge in [0, 0.05) is 27.5 Å². The van der Waals surface area contributed by atoms with Gasteiger partial charge in [-0.3, -0.25) is 0 Å². The van der Waals surface area contributed by atoms with Crippen LogP contribution in [0.25, 0.3) is 0 Å². The zero-order valence-electron chi connectivity index (χ0n) is 10.9. The summed E-state index contributed by atoms with van der Waals surface area (Å²) in [5.74, 6) is 0.795. The molecule has 1 aliphatic rings. The van der Waals surface area contributed by atoms with E-state index in [1.54, 1.807) is 6.07 Å². The van der Waals surface area contributed by atoms with E-state index in [2.05, 4.69) is 0 Å². The molecule has 0 amide bonds. The molecule has 1 unspecified atom stereocenters. The van der Waals surface area contributed by atoms with Gasteiger partial charge in [0.2, 0.25) is 0 Å². The van der Waals surface area contributed by atoms with Crippen LogP contribution in [0.3, 0.4) is 0 Å². The Labute approximate surface area is 129 Å². The van der Waals surface area contributed by atoms with Crippen LogP contribution in [0, 0.1) is 0 Å². The molecule has 1 aromatic carbocycles. The van der Waals surface area contributed by atoms with Crippen LogP contribution in [0.1, 0.15) is 37.7 Å². The van der Waals surface area contributed by atoms with Crippen molar-refractivity contribution in [3.8, 4) is 0 Å². The van der Waals surface area contributed by atoms with Gasteiger partial charge >= 0.3 is 0 Å². The average molecular weight is 319 g/mol. The highest BCUT2D eigenvalue weighted by atomic mass is 35.5. The maximum absolute atomic E-state index is 10.1. The molecule has 0 bridgehead atoms. The van der Waals surface area contributed by atoms with Crippen molar-refractivity contribution in [2.45, 2.75) is 49.9 Å². The molecule has 4 heteroatoms. The minimum Gasteiger partial charge on any atom is -0.392 e. The van der Waals surface area contributed by atoms with Gasteiger partial charge in [0.1, 0.15) is 0 Å². The standard InChI is InChI=1S/C15H20Cl2OS/c16-12-7-6-11(15(17)9-12)8-13(18)10-19-14-4-2-1-3-5-14/h6-7,9,13-14,18H,1-5,8,10H2. The molecule has 1 aromatic rings. The fraction of sp³-hybridized carbons (Fsp3) is 0.600. The van der Waals surface area contributed by atoms with Gasteiger partial charge < -0.3 is 5.11 Å². The summed E-state index contributed by atoms with van der Waals surface area (Å²) in [6.45, 7) is 0. The molecule has 1 saturated carbocycles. The lowest BCUT2D eigenvalue weighted by atomic mass is 10.0. The monoisotopic (exact) mass is 318 g/mol. The first kappa shape index (κ1) is 15.5. The Bertz CT molecular complexity index is 405. The van der Waals surface area contributed by atoms with Crippen LogP contribution in [0.15, 0.2) is 18.2 Å². The molecule has 0 aromatic heterocycles. The molecule has 1 nitrogen and oxygen atoms in total. The molecule has 2 rings (SSSR count). The highest BCUT2D eigenvalue weighted by molar-refractivity contribution is 7.99. The van der Waals surface area contributed by atoms with Gasteiger partial charge in [-0.1, -0.05) is 48.5 Å². The third-order valence-corrected chi connectivity index (χ3v) is 5.65. The lowest BCUT2D eigenvalue weighted by Crippen LogP contribution is -2.18. The fourth-order valence-electron chi connectivity index (χ4n) is 2.48. The Balaban J connectivity index is 1.78. The largest absolute Gasteiger partial charge is 0.392 e. The summed E-state index contributed by atoms with van der Waals surface area (Å²) in [5, 5.41) is 12.1. The Kier molecular flexibility index (Phi) is 6.34. The molecule has 0 radical (unpaired) electrons. The van der Waals surface area contributed by atoms with Crippen LogP contribution in [-0.4, -0.2) is 22.2 Å². The molecular weight excluding hydrogens is 299 g/mol. The topological polar surface area (TPSA) is 20.2 Å². The first-order chi connectivity index (χ1) is 9.15. The average Bonchev–Trinajstić information content (AvgIpc) is 2.41. The summed E-state index contributed by atoms with van der Waals surface area (Å²) in [7, 11) is 0. The zero-order valence-corrected chi connectivity index (χ0v) is 13.3. The number of aliphatic hydroxyl groups excluding tert-OH is 1. The van der Waals surface area contributed by atoms with E-state index in [-0.39, 0.29) is 6.10 Å². The summed E-state index contributed by atoms with van der Waals surface area (Å²) in [6, 6.07) is 5.46. The molecule has 1 fully saturated rings. The molecule has 1 atom stereocenters. The van der Waals surface area contributed by atoms with Gasteiger partial charge in [0.15, 0.2) is 0 Å². The predicted octanol–water partition coefficient (Wildman–Crippen LogP) is 4.96. The molecule has 0 heterocycles. The molecule has 0 spiro atoms. The maximum Gasteiger partial charge on any atom is 0.0671 e. The van der Waals surface area contributed by atoms with Crippen LogP contribution < -0.4 is 0 Å². The van der Waals surface area contributed by atoms with Gasteiger partial charge in [-0.2, -0.15) is 11.8 Å². The third kappa shape index (κ3) is 5.18. The normalized spacial score (nSPS) is 18.5. The van der Waals surface area contributed by atoms with Crippen molar-refractivity contribution < 1.29 is 5.11 Å². The highest BCUT2D eigenvalue weighted by Gasteiger charge is 2.16. The number of hydrogen-bond donors (Lipinski definition) is 1. The minimum atomic E-state index is -0.328. The third-order valence-electron chi connectivity index (χ3n) is 3.55. The van der Waals surface area contributed by atoms with Crippen LogP contribution in [0.5, 0.6) is 0 Å². The van der Waals surface area contributed by atoms with E-state index in [1.807, 2.05) is 23.9 Å². The number of aliphatic hydroxyl groups is 1. The molecule has 0 aliphatic heterocycles. The first-order valence-electron chi connectivity index (χ1n) is 6.89. The molecule has 106 valence electrons. The van der Waals surface area contributed by atoms with E-state index < -0.39 is 0 Å². The lowest BCUT2D eigenvalue weighted by molar-refractivity contribution is 0.200. The van der Waals surface area contributed by atoms with Crippen molar-refractivity contribution >= 4 is 35.0 Å². The summed E-state index contributed by atoms with van der Waals surface area (Å²) in [5.41, 5.74) is 0.975. The van der Waals surface area contributed by atoms with E-state index in [9.17, 15) is 5.11 Å². The fourth-order valence-corrected chi connectivity index (χ4v) is 4.24. The first-order valence-corrected chi connectivity index (χ1v) is 8.69. The predicted molar refractivity (Wildman–Crippen MR) is 85.5 cm³/mol. The van der Waals surface area contributed by atoms with Crippen molar-refractivity contribution in [1.82, 2.24) is 0 Å². The quantitative estimate of drug-likeness (QED) is 0.827. The number of thioether (sulfide) groups is 1. The molecule has 0 saturated heterocycles. The summed E-state index contributed by atoms with van der Waals surface area (Å²) in [4.78, 5) is 0. The summed E-state index contributed by atoms with van der Waals surface area (Å²) in [6.07, 6.45) is 6.95. The molecule has 1 N–H and O–H groups in total. The van der Waals surface area contributed by atoms with Crippen molar-refractivity contribution in [2.24, 2.45) is 0 Å². The summed E-state index contributed by atoms with van der Waals surface area (Å²) < 4.78 is 0. The van der Waals surface area contributed by atoms with Crippen molar-refractivity contribution in [3.63, 3.8) is 0 Å². The molecule has 19 heavy (non-hydrogen) atoms. The number of halogens is 2. The van der Waals surface area contributed by atoms with Gasteiger partial charge in [-0.15, -0.1) is 0 Å². The Morgan fingerprint density at radius 1 is 1.21 bits per heavy atom. The SMILES string of the molecule is OC(CSC1CCCCC1)Cc1ccc(Cl)cc1Cl. The Morgan fingerprint density at radius 2 is 1.95 bits per heavy atom. The van der Waals surface area contributed by atoms with Gasteiger partial charge in [0.25, 0.3) is 0 Å². The van der Waals surface area contributed by atoms with Gasteiger partial charge in [-0.05, 0) is 30.5 Å².